The van der Waals surface area contributed by atoms with Crippen molar-refractivity contribution in [2.45, 2.75) is 192 Å². The number of hydrogen-bond acceptors (Lipinski definition) is 16. The Balaban J connectivity index is 2.00. The Morgan fingerprint density at radius 3 is 2.32 bits per heavy atom. The van der Waals surface area contributed by atoms with Gasteiger partial charge in [0.1, 0.15) is 30.7 Å². The molecule has 16 atom stereocenters. The van der Waals surface area contributed by atoms with E-state index in [0.717, 1.165) is 6.29 Å². The molecule has 0 aliphatic carbocycles. The van der Waals surface area contributed by atoms with E-state index in [2.05, 4.69) is 0 Å². The zero-order chi connectivity index (χ0) is 44.7. The number of esters is 3. The predicted octanol–water partition coefficient (Wildman–Crippen LogP) is 4.20. The van der Waals surface area contributed by atoms with Gasteiger partial charge in [0, 0.05) is 45.8 Å². The van der Waals surface area contributed by atoms with Crippen LogP contribution in [0.3, 0.4) is 0 Å². The molecule has 0 aromatic rings. The lowest BCUT2D eigenvalue weighted by molar-refractivity contribution is -0.345. The van der Waals surface area contributed by atoms with E-state index in [-0.39, 0.29) is 44.6 Å². The van der Waals surface area contributed by atoms with Crippen LogP contribution in [0.15, 0.2) is 24.3 Å². The van der Waals surface area contributed by atoms with E-state index in [1.807, 2.05) is 19.9 Å². The second-order valence-electron chi connectivity index (χ2n) is 16.7. The molecule has 3 aliphatic heterocycles. The highest BCUT2D eigenvalue weighted by Crippen LogP contribution is 2.39. The minimum absolute atomic E-state index is 0.0000688. The van der Waals surface area contributed by atoms with Gasteiger partial charge in [0.05, 0.1) is 43.0 Å². The molecule has 0 unspecified atom stereocenters. The summed E-state index contributed by atoms with van der Waals surface area (Å²) in [7, 11) is 5.02. The second-order valence-corrected chi connectivity index (χ2v) is 16.7. The number of nitrogens with zero attached hydrogens (tertiary/aromatic N) is 1. The molecule has 3 heterocycles. The topological polar surface area (TPSA) is 195 Å². The molecule has 2 saturated heterocycles. The van der Waals surface area contributed by atoms with Crippen LogP contribution >= 0.6 is 0 Å². The van der Waals surface area contributed by atoms with Crippen molar-refractivity contribution in [1.82, 2.24) is 4.90 Å². The van der Waals surface area contributed by atoms with Crippen LogP contribution in [0.1, 0.15) is 107 Å². The zero-order valence-corrected chi connectivity index (χ0v) is 37.6. The molecule has 0 aromatic carbocycles. The number of hydrogen-bond donors (Lipinski definition) is 2. The maximum Gasteiger partial charge on any atom is 0.308 e. The summed E-state index contributed by atoms with van der Waals surface area (Å²) in [4.78, 5) is 52.7. The highest BCUT2D eigenvalue weighted by molar-refractivity contribution is 5.71. The fourth-order valence-electron chi connectivity index (χ4n) is 8.42. The van der Waals surface area contributed by atoms with Crippen molar-refractivity contribution in [1.29, 1.82) is 0 Å². The molecule has 0 radical (unpaired) electrons. The number of carbonyl (C=O) groups is 4. The minimum Gasteiger partial charge on any atom is -0.462 e. The lowest BCUT2D eigenvalue weighted by atomic mass is 9.82. The molecule has 16 nitrogen and oxygen atoms in total. The fraction of sp³-hybridized carbons (Fsp3) is 0.818. The Labute approximate surface area is 356 Å². The number of aldehydes is 1. The molecule has 60 heavy (non-hydrogen) atoms. The first-order valence-corrected chi connectivity index (χ1v) is 21.6. The molecular weight excluding hydrogens is 782 g/mol. The highest BCUT2D eigenvalue weighted by atomic mass is 16.7. The van der Waals surface area contributed by atoms with Gasteiger partial charge < -0.3 is 62.5 Å². The quantitative estimate of drug-likeness (QED) is 0.135. The molecule has 2 fully saturated rings. The smallest absolute Gasteiger partial charge is 0.308 e. The van der Waals surface area contributed by atoms with E-state index in [9.17, 15) is 29.4 Å². The maximum atomic E-state index is 13.3. The van der Waals surface area contributed by atoms with Crippen LogP contribution < -0.4 is 0 Å². The average molecular weight is 856 g/mol. The van der Waals surface area contributed by atoms with Crippen LogP contribution in [0.4, 0.5) is 0 Å². The highest BCUT2D eigenvalue weighted by Gasteiger charge is 2.54. The van der Waals surface area contributed by atoms with Gasteiger partial charge in [-0.2, -0.15) is 0 Å². The van der Waals surface area contributed by atoms with E-state index in [4.69, 9.17) is 42.6 Å². The van der Waals surface area contributed by atoms with Crippen molar-refractivity contribution < 1.29 is 72.0 Å². The number of methoxy groups -OCH3 is 1. The normalized spacial score (nSPS) is 39.6. The third-order valence-corrected chi connectivity index (χ3v) is 11.5. The summed E-state index contributed by atoms with van der Waals surface area (Å²) in [6, 6.07) is -0.753. The lowest BCUT2D eigenvalue weighted by Gasteiger charge is -2.51. The van der Waals surface area contributed by atoms with Crippen LogP contribution in [0, 0.1) is 11.8 Å². The summed E-state index contributed by atoms with van der Waals surface area (Å²) in [6.07, 6.45) is -1.62. The minimum atomic E-state index is -1.35. The summed E-state index contributed by atoms with van der Waals surface area (Å²) >= 11 is 0. The van der Waals surface area contributed by atoms with Crippen molar-refractivity contribution in [3.8, 4) is 0 Å². The van der Waals surface area contributed by atoms with E-state index >= 15 is 0 Å². The van der Waals surface area contributed by atoms with E-state index in [0.29, 0.717) is 19.3 Å². The Kier molecular flexibility index (Phi) is 21.3. The summed E-state index contributed by atoms with van der Waals surface area (Å²) in [5.41, 5.74) is -1.29. The summed E-state index contributed by atoms with van der Waals surface area (Å²) in [5, 5.41) is 23.3. The predicted molar refractivity (Wildman–Crippen MR) is 219 cm³/mol. The molecule has 0 amide bonds. The van der Waals surface area contributed by atoms with Gasteiger partial charge in [0.2, 0.25) is 0 Å². The second kappa shape index (κ2) is 24.7. The monoisotopic (exact) mass is 855 g/mol. The average Bonchev–Trinajstić information content (AvgIpc) is 3.17. The van der Waals surface area contributed by atoms with Crippen LogP contribution in [0.5, 0.6) is 0 Å². The van der Waals surface area contributed by atoms with Gasteiger partial charge in [-0.1, -0.05) is 45.1 Å². The molecule has 3 aliphatic rings. The van der Waals surface area contributed by atoms with Crippen LogP contribution in [0.2, 0.25) is 0 Å². The van der Waals surface area contributed by atoms with E-state index < -0.39 is 109 Å². The first-order valence-electron chi connectivity index (χ1n) is 21.6. The molecule has 0 saturated carbocycles. The molecule has 16 heteroatoms. The SMILES string of the molecule is CCCC(=O)O[C@@H]1[C@@H](C)O[C@@H](O[C@H]2[C@H](N(C)C)[C@@H](O)[C@H](O[C@H]3[C@@H](CC=O)C[C@@H](C)[C@@H](O)/C=C/C=C/C[C@@H](C)OC(=O)C[C@@H](OCC)[C@@H]3OC)O[C@@H]2C)C[C@]1(C)OC(=O)CC. The molecule has 0 spiro atoms. The van der Waals surface area contributed by atoms with Gasteiger partial charge in [-0.25, -0.2) is 0 Å². The summed E-state index contributed by atoms with van der Waals surface area (Å²) in [6.45, 7) is 14.4. The van der Waals surface area contributed by atoms with Gasteiger partial charge >= 0.3 is 17.9 Å². The van der Waals surface area contributed by atoms with Crippen LogP contribution in [-0.4, -0.2) is 152 Å². The third kappa shape index (κ3) is 14.4. The lowest BCUT2D eigenvalue weighted by Crippen LogP contribution is -2.66. The number of allylic oxidation sites excluding steroid dienone is 2. The molecule has 0 bridgehead atoms. The van der Waals surface area contributed by atoms with Crippen molar-refractivity contribution >= 4 is 24.2 Å². The number of aliphatic hydroxyl groups is 2. The number of cyclic esters (lactones) is 1. The Morgan fingerprint density at radius 2 is 1.70 bits per heavy atom. The van der Waals surface area contributed by atoms with Crippen molar-refractivity contribution in [2.24, 2.45) is 11.8 Å². The van der Waals surface area contributed by atoms with Crippen molar-refractivity contribution in [3.63, 3.8) is 0 Å². The standard InChI is InChI=1S/C44H73NO15/c1-12-18-34(49)57-42-29(7)55-36(25-44(42,8)60-33(48)13-2)58-39-28(6)56-43(38(51)37(39)45(9)10)59-40-30(21-22-46)23-26(4)31(47)20-17-15-16-19-27(5)54-35(50)24-32(53-14-3)41(40)52-11/h15-17,20,22,26-32,36-43,47,51H,12-14,18-19,21,23-25H2,1-11H3/b16-15+,20-17+/t26-,27-,28-,29-,30+,31+,32-,36+,37-,38-,39-,40+,41+,42-,43+,44+/m1/s1. The first kappa shape index (κ1) is 51.5. The van der Waals surface area contributed by atoms with Crippen LogP contribution in [-0.2, 0) is 61.8 Å². The number of likely N-dealkylation sites (N-methyl/N-ethyl adjacent to an activating group) is 1. The molecular formula is C44H73NO15. The maximum absolute atomic E-state index is 13.3. The third-order valence-electron chi connectivity index (χ3n) is 11.5. The van der Waals surface area contributed by atoms with E-state index in [1.54, 1.807) is 78.8 Å². The Hall–Kier alpha value is -2.80. The van der Waals surface area contributed by atoms with Gasteiger partial charge in [-0.05, 0) is 73.4 Å². The number of carbonyl (C=O) groups excluding carboxylic acids is 4. The van der Waals surface area contributed by atoms with Crippen LogP contribution in [0.25, 0.3) is 0 Å². The summed E-state index contributed by atoms with van der Waals surface area (Å²) in [5.74, 6) is -2.35. The first-order chi connectivity index (χ1) is 28.4. The van der Waals surface area contributed by atoms with Crippen molar-refractivity contribution in [3.05, 3.63) is 24.3 Å². The number of ether oxygens (including phenoxy) is 9. The number of aliphatic hydroxyl groups excluding tert-OH is 2. The Morgan fingerprint density at radius 1 is 0.983 bits per heavy atom. The zero-order valence-electron chi connectivity index (χ0n) is 37.6. The van der Waals surface area contributed by atoms with Gasteiger partial charge in [0.25, 0.3) is 0 Å². The molecule has 2 N–H and O–H groups in total. The van der Waals surface area contributed by atoms with Gasteiger partial charge in [-0.3, -0.25) is 14.4 Å². The Bertz CT molecular complexity index is 1410. The summed E-state index contributed by atoms with van der Waals surface area (Å²) < 4.78 is 55.8. The molecule has 344 valence electrons. The largest absolute Gasteiger partial charge is 0.462 e. The fourth-order valence-corrected chi connectivity index (χ4v) is 8.42. The molecule has 0 aromatic heterocycles. The molecule has 3 rings (SSSR count). The van der Waals surface area contributed by atoms with E-state index in [1.165, 1.54) is 7.11 Å². The van der Waals surface area contributed by atoms with Gasteiger partial charge in [-0.15, -0.1) is 0 Å². The number of rotatable bonds is 15. The van der Waals surface area contributed by atoms with Gasteiger partial charge in [0.15, 0.2) is 24.3 Å². The van der Waals surface area contributed by atoms with Crippen molar-refractivity contribution in [2.75, 3.05) is 27.8 Å².